The lowest BCUT2D eigenvalue weighted by atomic mass is 10.1. The zero-order chi connectivity index (χ0) is 13.5. The Balaban J connectivity index is 2.31. The van der Waals surface area contributed by atoms with Crippen LogP contribution in [0.3, 0.4) is 0 Å². The van der Waals surface area contributed by atoms with E-state index in [-0.39, 0.29) is 12.1 Å². The van der Waals surface area contributed by atoms with Crippen molar-refractivity contribution in [2.24, 2.45) is 5.73 Å². The van der Waals surface area contributed by atoms with Crippen LogP contribution in [0.15, 0.2) is 18.2 Å². The van der Waals surface area contributed by atoms with E-state index in [9.17, 15) is 18.5 Å². The largest absolute Gasteiger partial charge is 0.397 e. The van der Waals surface area contributed by atoms with Crippen molar-refractivity contribution in [3.8, 4) is 0 Å². The van der Waals surface area contributed by atoms with Gasteiger partial charge in [-0.3, -0.25) is 14.7 Å². The number of nitrogens with two attached hydrogens (primary N) is 1. The van der Waals surface area contributed by atoms with Gasteiger partial charge in [0, 0.05) is 18.6 Å². The Morgan fingerprint density at radius 3 is 2.72 bits per heavy atom. The minimum atomic E-state index is -4.60. The number of nitrogens with zero attached hydrogens (tertiary/aromatic N) is 1. The van der Waals surface area contributed by atoms with Gasteiger partial charge in [-0.2, -0.15) is 8.42 Å². The molecule has 0 unspecified atom stereocenters. The number of rotatable bonds is 3. The molecule has 0 heterocycles. The van der Waals surface area contributed by atoms with Crippen LogP contribution in [-0.4, -0.2) is 24.0 Å². The van der Waals surface area contributed by atoms with Crippen LogP contribution in [0, 0.1) is 10.1 Å². The summed E-state index contributed by atoms with van der Waals surface area (Å²) in [5.74, 6) is 0. The number of benzene rings is 1. The smallest absolute Gasteiger partial charge is 0.322 e. The number of nitro groups is 1. The van der Waals surface area contributed by atoms with Crippen LogP contribution in [0.4, 0.5) is 5.69 Å². The zero-order valence-electron chi connectivity index (χ0n) is 9.02. The molecule has 0 radical (unpaired) electrons. The lowest BCUT2D eigenvalue weighted by molar-refractivity contribution is -0.384. The monoisotopic (exact) mass is 274 g/mol. The summed E-state index contributed by atoms with van der Waals surface area (Å²) in [7, 11) is -4.60. The molecule has 98 valence electrons. The Labute approximate surface area is 102 Å². The van der Waals surface area contributed by atoms with Gasteiger partial charge >= 0.3 is 10.4 Å². The molecule has 2 atom stereocenters. The summed E-state index contributed by atoms with van der Waals surface area (Å²) in [6.45, 7) is 0. The van der Waals surface area contributed by atoms with E-state index >= 15 is 0 Å². The number of nitro benzene ring substituents is 1. The minimum Gasteiger partial charge on any atom is -0.322 e. The second-order valence-corrected chi connectivity index (χ2v) is 4.98. The number of fused-ring (bicyclic) bond motifs is 1. The summed E-state index contributed by atoms with van der Waals surface area (Å²) in [6, 6.07) is 3.26. The summed E-state index contributed by atoms with van der Waals surface area (Å²) < 4.78 is 34.3. The maximum atomic E-state index is 10.6. The Bertz CT molecular complexity index is 599. The summed E-state index contributed by atoms with van der Waals surface area (Å²) in [5.41, 5.74) is 6.74. The average Bonchev–Trinajstić information content (AvgIpc) is 2.53. The molecule has 1 aliphatic carbocycles. The van der Waals surface area contributed by atoms with Gasteiger partial charge in [-0.1, -0.05) is 6.07 Å². The van der Waals surface area contributed by atoms with Crippen molar-refractivity contribution in [3.05, 3.63) is 39.4 Å². The molecule has 1 aromatic carbocycles. The lowest BCUT2D eigenvalue weighted by Gasteiger charge is -2.13. The molecule has 3 N–H and O–H groups in total. The molecular weight excluding hydrogens is 264 g/mol. The van der Waals surface area contributed by atoms with Crippen molar-refractivity contribution < 1.29 is 22.1 Å². The summed E-state index contributed by atoms with van der Waals surface area (Å²) in [4.78, 5) is 10.0. The SMILES string of the molecule is N[C@@H]1c2cc([N+](=O)[O-])ccc2C[C@@H]1OS(=O)(=O)O. The molecule has 0 spiro atoms. The van der Waals surface area contributed by atoms with E-state index in [1.54, 1.807) is 0 Å². The molecule has 0 bridgehead atoms. The highest BCUT2D eigenvalue weighted by Crippen LogP contribution is 2.34. The van der Waals surface area contributed by atoms with Crippen molar-refractivity contribution in [2.45, 2.75) is 18.6 Å². The molecule has 18 heavy (non-hydrogen) atoms. The fourth-order valence-electron chi connectivity index (χ4n) is 1.99. The van der Waals surface area contributed by atoms with E-state index in [1.807, 2.05) is 0 Å². The summed E-state index contributed by atoms with van der Waals surface area (Å²) in [6.07, 6.45) is -0.772. The van der Waals surface area contributed by atoms with Crippen molar-refractivity contribution in [3.63, 3.8) is 0 Å². The lowest BCUT2D eigenvalue weighted by Crippen LogP contribution is -2.27. The predicted molar refractivity (Wildman–Crippen MR) is 60.2 cm³/mol. The van der Waals surface area contributed by atoms with Crippen LogP contribution >= 0.6 is 0 Å². The quantitative estimate of drug-likeness (QED) is 0.461. The predicted octanol–water partition coefficient (Wildman–Crippen LogP) is 0.339. The van der Waals surface area contributed by atoms with Crippen molar-refractivity contribution in [1.82, 2.24) is 0 Å². The van der Waals surface area contributed by atoms with E-state index in [0.717, 1.165) is 0 Å². The van der Waals surface area contributed by atoms with Crippen molar-refractivity contribution >= 4 is 16.1 Å². The number of hydrogen-bond donors (Lipinski definition) is 2. The van der Waals surface area contributed by atoms with Gasteiger partial charge in [-0.15, -0.1) is 0 Å². The first-order valence-electron chi connectivity index (χ1n) is 4.96. The molecule has 9 heteroatoms. The molecule has 1 aromatic rings. The third-order valence-electron chi connectivity index (χ3n) is 2.77. The first kappa shape index (κ1) is 12.9. The van der Waals surface area contributed by atoms with Crippen molar-refractivity contribution in [2.75, 3.05) is 0 Å². The zero-order valence-corrected chi connectivity index (χ0v) is 9.83. The number of non-ortho nitro benzene ring substituents is 1. The van der Waals surface area contributed by atoms with E-state index in [2.05, 4.69) is 4.18 Å². The van der Waals surface area contributed by atoms with Crippen molar-refractivity contribution in [1.29, 1.82) is 0 Å². The Morgan fingerprint density at radius 2 is 2.17 bits per heavy atom. The molecule has 2 rings (SSSR count). The second-order valence-electron chi connectivity index (χ2n) is 3.93. The van der Waals surface area contributed by atoms with Gasteiger partial charge < -0.3 is 5.73 Å². The van der Waals surface area contributed by atoms with Crippen LogP contribution in [0.1, 0.15) is 17.2 Å². The highest BCUT2D eigenvalue weighted by atomic mass is 32.3. The van der Waals surface area contributed by atoms with E-state index in [1.165, 1.54) is 18.2 Å². The molecule has 1 aliphatic rings. The van der Waals surface area contributed by atoms with Crippen LogP contribution in [-0.2, 0) is 21.0 Å². The maximum Gasteiger partial charge on any atom is 0.397 e. The Kier molecular flexibility index (Phi) is 3.07. The first-order valence-corrected chi connectivity index (χ1v) is 6.33. The van der Waals surface area contributed by atoms with Crippen LogP contribution < -0.4 is 5.73 Å². The fraction of sp³-hybridized carbons (Fsp3) is 0.333. The molecule has 0 fully saturated rings. The highest BCUT2D eigenvalue weighted by Gasteiger charge is 2.34. The second kappa shape index (κ2) is 4.28. The van der Waals surface area contributed by atoms with Crippen LogP contribution in [0.25, 0.3) is 0 Å². The first-order chi connectivity index (χ1) is 8.28. The van der Waals surface area contributed by atoms with E-state index in [0.29, 0.717) is 11.1 Å². The molecule has 8 nitrogen and oxygen atoms in total. The molecule has 0 amide bonds. The highest BCUT2D eigenvalue weighted by molar-refractivity contribution is 7.80. The van der Waals surface area contributed by atoms with Gasteiger partial charge in [-0.25, -0.2) is 4.18 Å². The van der Waals surface area contributed by atoms with Crippen LogP contribution in [0.5, 0.6) is 0 Å². The van der Waals surface area contributed by atoms with Crippen LogP contribution in [0.2, 0.25) is 0 Å². The van der Waals surface area contributed by atoms with Gasteiger partial charge in [0.25, 0.3) is 5.69 Å². The molecule has 0 saturated heterocycles. The molecule has 0 aliphatic heterocycles. The summed E-state index contributed by atoms with van der Waals surface area (Å²) in [5, 5.41) is 10.6. The van der Waals surface area contributed by atoms with Gasteiger partial charge in [0.2, 0.25) is 0 Å². The third-order valence-corrected chi connectivity index (χ3v) is 3.26. The van der Waals surface area contributed by atoms with E-state index in [4.69, 9.17) is 10.3 Å². The molecule has 0 aromatic heterocycles. The minimum absolute atomic E-state index is 0.128. The van der Waals surface area contributed by atoms with Gasteiger partial charge in [0.1, 0.15) is 6.10 Å². The van der Waals surface area contributed by atoms with Gasteiger partial charge in [0.05, 0.1) is 11.0 Å². The molecular formula is C9H10N2O6S. The Morgan fingerprint density at radius 1 is 1.50 bits per heavy atom. The normalized spacial score (nSPS) is 22.8. The standard InChI is InChI=1S/C9H10N2O6S/c10-9-7-4-6(11(12)13)2-1-5(7)3-8(9)17-18(14,15)16/h1-2,4,8-9H,3,10H2,(H,14,15,16)/t8-,9+/m0/s1. The average molecular weight is 274 g/mol. The maximum absolute atomic E-state index is 10.6. The molecule has 0 saturated carbocycles. The number of hydrogen-bond acceptors (Lipinski definition) is 6. The fourth-order valence-corrected chi connectivity index (χ4v) is 2.49. The van der Waals surface area contributed by atoms with Gasteiger partial charge in [-0.05, 0) is 11.1 Å². The topological polar surface area (TPSA) is 133 Å². The van der Waals surface area contributed by atoms with E-state index < -0.39 is 27.5 Å². The third kappa shape index (κ3) is 2.48. The summed E-state index contributed by atoms with van der Waals surface area (Å²) >= 11 is 0. The van der Waals surface area contributed by atoms with Gasteiger partial charge in [0.15, 0.2) is 0 Å². The Hall–Kier alpha value is -1.55.